The SMILES string of the molecule is O=[C-]c1cccnc1-c1ccccn1.O=[C-]c1cccnc1-c1ccccn1.[Cl][Ru+2][Cl]. The van der Waals surface area contributed by atoms with E-state index < -0.39 is 0 Å². The molecule has 9 heteroatoms. The molecule has 0 saturated heterocycles. The molecular weight excluding hydrogens is 524 g/mol. The number of halogens is 2. The Morgan fingerprint density at radius 3 is 1.29 bits per heavy atom. The molecule has 0 aliphatic rings. The average molecular weight is 538 g/mol. The number of hydrogen-bond acceptors (Lipinski definition) is 6. The molecule has 4 aromatic rings. The third-order valence-corrected chi connectivity index (χ3v) is 3.65. The molecule has 0 aromatic carbocycles. The standard InChI is InChI=1S/2C11H7N2O.2ClH.Ru/c2*14-8-9-4-3-7-13-11(9)10-5-1-2-6-12-10;;;/h2*1-7H;2*1H;/q2*-1;;;+4/p-2. The van der Waals surface area contributed by atoms with E-state index in [1.165, 1.54) is 0 Å². The molecule has 31 heavy (non-hydrogen) atoms. The van der Waals surface area contributed by atoms with Crippen molar-refractivity contribution >= 4 is 32.0 Å². The summed E-state index contributed by atoms with van der Waals surface area (Å²) in [6.45, 7) is 0. The van der Waals surface area contributed by atoms with Gasteiger partial charge in [-0.05, 0) is 35.7 Å². The zero-order valence-corrected chi connectivity index (χ0v) is 19.0. The van der Waals surface area contributed by atoms with Gasteiger partial charge in [0.2, 0.25) is 0 Å². The Hall–Kier alpha value is -2.86. The Kier molecular flexibility index (Phi) is 11.2. The molecule has 0 fully saturated rings. The van der Waals surface area contributed by atoms with Crippen molar-refractivity contribution < 1.29 is 24.7 Å². The molecule has 0 aliphatic carbocycles. The zero-order valence-electron chi connectivity index (χ0n) is 15.8. The van der Waals surface area contributed by atoms with Gasteiger partial charge in [0.25, 0.3) is 0 Å². The van der Waals surface area contributed by atoms with Crippen LogP contribution in [0.2, 0.25) is 0 Å². The van der Waals surface area contributed by atoms with Gasteiger partial charge in [-0.3, -0.25) is 9.97 Å². The molecule has 0 unspecified atom stereocenters. The number of hydrogen-bond donors (Lipinski definition) is 0. The zero-order chi connectivity index (χ0) is 22.3. The summed E-state index contributed by atoms with van der Waals surface area (Å²) in [5, 5.41) is 0. The molecule has 0 saturated carbocycles. The normalized spacial score (nSPS) is 9.35. The molecule has 0 atom stereocenters. The van der Waals surface area contributed by atoms with Crippen LogP contribution in [0.15, 0.2) is 85.5 Å². The van der Waals surface area contributed by atoms with Gasteiger partial charge < -0.3 is 19.6 Å². The Morgan fingerprint density at radius 1 is 0.581 bits per heavy atom. The van der Waals surface area contributed by atoms with Crippen LogP contribution in [-0.2, 0) is 24.7 Å². The number of rotatable bonds is 4. The molecule has 156 valence electrons. The van der Waals surface area contributed by atoms with Crippen molar-refractivity contribution in [3.05, 3.63) is 96.6 Å². The second-order valence-corrected chi connectivity index (χ2v) is 8.12. The minimum absolute atomic E-state index is 0.346. The fourth-order valence-corrected chi connectivity index (χ4v) is 2.39. The predicted octanol–water partition coefficient (Wildman–Crippen LogP) is 4.58. The first-order valence-corrected chi connectivity index (χ1v) is 13.1. The van der Waals surface area contributed by atoms with Crippen molar-refractivity contribution in [2.75, 3.05) is 0 Å². The first-order valence-electron chi connectivity index (χ1n) is 8.59. The first kappa shape index (κ1) is 24.4. The van der Waals surface area contributed by atoms with Crippen LogP contribution in [0.1, 0.15) is 11.1 Å². The van der Waals surface area contributed by atoms with Crippen LogP contribution in [-0.4, -0.2) is 32.5 Å². The summed E-state index contributed by atoms with van der Waals surface area (Å²) in [5.74, 6) is 0. The third kappa shape index (κ3) is 7.72. The summed E-state index contributed by atoms with van der Waals surface area (Å²) < 4.78 is 0. The monoisotopic (exact) mass is 538 g/mol. The summed E-state index contributed by atoms with van der Waals surface area (Å²) in [6, 6.07) is 17.7. The summed E-state index contributed by atoms with van der Waals surface area (Å²) >= 11 is -0.346. The summed E-state index contributed by atoms with van der Waals surface area (Å²) in [5.41, 5.74) is 3.39. The molecule has 0 bridgehead atoms. The van der Waals surface area contributed by atoms with E-state index in [9.17, 15) is 9.59 Å². The maximum absolute atomic E-state index is 10.6. The topological polar surface area (TPSA) is 85.7 Å². The van der Waals surface area contributed by atoms with Gasteiger partial charge in [-0.1, -0.05) is 12.1 Å². The van der Waals surface area contributed by atoms with E-state index in [0.717, 1.165) is 0 Å². The first-order chi connectivity index (χ1) is 15.2. The fourth-order valence-electron chi connectivity index (χ4n) is 2.39. The van der Waals surface area contributed by atoms with Crippen LogP contribution in [0.4, 0.5) is 0 Å². The van der Waals surface area contributed by atoms with E-state index in [-0.39, 0.29) is 15.1 Å². The predicted molar refractivity (Wildman–Crippen MR) is 116 cm³/mol. The molecule has 6 nitrogen and oxygen atoms in total. The quantitative estimate of drug-likeness (QED) is 0.280. The van der Waals surface area contributed by atoms with Gasteiger partial charge >= 0.3 is 34.5 Å². The van der Waals surface area contributed by atoms with E-state index in [1.54, 1.807) is 49.1 Å². The van der Waals surface area contributed by atoms with Crippen molar-refractivity contribution in [2.45, 2.75) is 0 Å². The molecule has 0 radical (unpaired) electrons. The van der Waals surface area contributed by atoms with E-state index in [2.05, 4.69) is 19.9 Å². The van der Waals surface area contributed by atoms with Crippen LogP contribution in [0.25, 0.3) is 22.8 Å². The molecule has 4 heterocycles. The van der Waals surface area contributed by atoms with Crippen LogP contribution in [0.3, 0.4) is 0 Å². The van der Waals surface area contributed by atoms with Crippen LogP contribution in [0, 0.1) is 0 Å². The van der Waals surface area contributed by atoms with Gasteiger partial charge in [0.15, 0.2) is 0 Å². The average Bonchev–Trinajstić information content (AvgIpc) is 2.86. The number of aromatic nitrogens is 4. The van der Waals surface area contributed by atoms with Gasteiger partial charge in [0.1, 0.15) is 0 Å². The number of nitrogens with zero attached hydrogens (tertiary/aromatic N) is 4. The van der Waals surface area contributed by atoms with E-state index in [1.807, 2.05) is 49.0 Å². The van der Waals surface area contributed by atoms with Crippen molar-refractivity contribution in [1.82, 2.24) is 19.9 Å². The van der Waals surface area contributed by atoms with Crippen molar-refractivity contribution in [2.24, 2.45) is 0 Å². The van der Waals surface area contributed by atoms with Crippen LogP contribution >= 0.6 is 19.4 Å². The molecule has 0 aliphatic heterocycles. The second kappa shape index (κ2) is 14.2. The van der Waals surface area contributed by atoms with E-state index >= 15 is 0 Å². The van der Waals surface area contributed by atoms with Crippen LogP contribution < -0.4 is 0 Å². The van der Waals surface area contributed by atoms with Crippen LogP contribution in [0.5, 0.6) is 0 Å². The van der Waals surface area contributed by atoms with Crippen molar-refractivity contribution in [1.29, 1.82) is 0 Å². The Labute approximate surface area is 195 Å². The fraction of sp³-hybridized carbons (Fsp3) is 0. The Morgan fingerprint density at radius 2 is 0.968 bits per heavy atom. The summed E-state index contributed by atoms with van der Waals surface area (Å²) in [7, 11) is 9.71. The van der Waals surface area contributed by atoms with Crippen molar-refractivity contribution in [3.8, 4) is 22.8 Å². The number of pyridine rings is 4. The van der Waals surface area contributed by atoms with Gasteiger partial charge in [0, 0.05) is 36.2 Å². The molecule has 4 rings (SSSR count). The molecule has 0 amide bonds. The molecule has 0 spiro atoms. The molecule has 0 N–H and O–H groups in total. The van der Waals surface area contributed by atoms with E-state index in [0.29, 0.717) is 33.9 Å². The second-order valence-electron chi connectivity index (χ2n) is 5.48. The molecule has 4 aromatic heterocycles. The maximum atomic E-state index is 10.6. The molecular formula is C22H14Cl2N4O2Ru. The third-order valence-electron chi connectivity index (χ3n) is 3.65. The van der Waals surface area contributed by atoms with Gasteiger partial charge in [-0.15, -0.1) is 23.3 Å². The van der Waals surface area contributed by atoms with Gasteiger partial charge in [-0.25, -0.2) is 0 Å². The Balaban J connectivity index is 0.000000196. The summed E-state index contributed by atoms with van der Waals surface area (Å²) in [6.07, 6.45) is 10.3. The Bertz CT molecular complexity index is 1000. The van der Waals surface area contributed by atoms with Gasteiger partial charge in [-0.2, -0.15) is 12.1 Å². The van der Waals surface area contributed by atoms with Gasteiger partial charge in [0.05, 0.1) is 12.6 Å². The summed E-state index contributed by atoms with van der Waals surface area (Å²) in [4.78, 5) is 37.6. The number of carbonyl (C=O) groups excluding carboxylic acids is 2. The minimum atomic E-state index is -0.346. The van der Waals surface area contributed by atoms with Crippen molar-refractivity contribution in [3.63, 3.8) is 0 Å². The van der Waals surface area contributed by atoms with E-state index in [4.69, 9.17) is 19.4 Å².